The van der Waals surface area contributed by atoms with Gasteiger partial charge in [0.15, 0.2) is 5.96 Å². The highest BCUT2D eigenvalue weighted by molar-refractivity contribution is 14.0. The van der Waals surface area contributed by atoms with Crippen LogP contribution < -0.4 is 10.6 Å². The van der Waals surface area contributed by atoms with Crippen LogP contribution in [-0.2, 0) is 11.3 Å². The highest BCUT2D eigenvalue weighted by Crippen LogP contribution is 2.40. The summed E-state index contributed by atoms with van der Waals surface area (Å²) in [7, 11) is 3.62. The van der Waals surface area contributed by atoms with Gasteiger partial charge in [-0.15, -0.1) is 35.3 Å². The van der Waals surface area contributed by atoms with E-state index in [0.29, 0.717) is 5.41 Å². The smallest absolute Gasteiger partial charge is 0.191 e. The third-order valence-electron chi connectivity index (χ3n) is 4.77. The molecule has 24 heavy (non-hydrogen) atoms. The Morgan fingerprint density at radius 2 is 2.00 bits per heavy atom. The Morgan fingerprint density at radius 3 is 2.54 bits per heavy atom. The average molecular weight is 466 g/mol. The SMILES string of the molecule is CN=C(NCc1sc(C)nc1C)NCC1(CCOC)CCCC1.I. The number of hydrogen-bond donors (Lipinski definition) is 2. The van der Waals surface area contributed by atoms with Gasteiger partial charge in [-0.1, -0.05) is 12.8 Å². The van der Waals surface area contributed by atoms with Gasteiger partial charge < -0.3 is 15.4 Å². The summed E-state index contributed by atoms with van der Waals surface area (Å²) >= 11 is 1.75. The Hall–Kier alpha value is -0.410. The molecule has 7 heteroatoms. The van der Waals surface area contributed by atoms with Crippen LogP contribution in [-0.4, -0.2) is 38.3 Å². The standard InChI is InChI=1S/C17H30N4OS.HI/c1-13-15(23-14(2)21-13)11-19-16(18-3)20-12-17(9-10-22-4)7-5-6-8-17;/h5-12H2,1-4H3,(H2,18,19,20);1H. The number of methoxy groups -OCH3 is 1. The Balaban J connectivity index is 0.00000288. The molecule has 0 aliphatic heterocycles. The maximum Gasteiger partial charge on any atom is 0.191 e. The molecule has 0 bridgehead atoms. The van der Waals surface area contributed by atoms with Crippen molar-refractivity contribution in [1.82, 2.24) is 15.6 Å². The third kappa shape index (κ3) is 6.15. The zero-order valence-electron chi connectivity index (χ0n) is 15.3. The van der Waals surface area contributed by atoms with Crippen molar-refractivity contribution in [3.63, 3.8) is 0 Å². The monoisotopic (exact) mass is 466 g/mol. The van der Waals surface area contributed by atoms with E-state index < -0.39 is 0 Å². The van der Waals surface area contributed by atoms with Crippen LogP contribution in [0.2, 0.25) is 0 Å². The van der Waals surface area contributed by atoms with E-state index in [1.807, 2.05) is 14.0 Å². The van der Waals surface area contributed by atoms with Gasteiger partial charge >= 0.3 is 0 Å². The van der Waals surface area contributed by atoms with Crippen LogP contribution in [0, 0.1) is 19.3 Å². The molecule has 2 N–H and O–H groups in total. The molecule has 0 spiro atoms. The highest BCUT2D eigenvalue weighted by Gasteiger charge is 2.33. The molecule has 1 aromatic rings. The van der Waals surface area contributed by atoms with Crippen LogP contribution in [0.1, 0.15) is 47.7 Å². The first-order chi connectivity index (χ1) is 11.1. The second-order valence-corrected chi connectivity index (χ2v) is 7.76. The molecule has 138 valence electrons. The minimum Gasteiger partial charge on any atom is -0.385 e. The van der Waals surface area contributed by atoms with Crippen molar-refractivity contribution in [1.29, 1.82) is 0 Å². The Morgan fingerprint density at radius 1 is 1.29 bits per heavy atom. The summed E-state index contributed by atoms with van der Waals surface area (Å²) < 4.78 is 5.30. The average Bonchev–Trinajstić information content (AvgIpc) is 3.13. The van der Waals surface area contributed by atoms with Gasteiger partial charge in [0.2, 0.25) is 0 Å². The lowest BCUT2D eigenvalue weighted by Crippen LogP contribution is -2.43. The predicted octanol–water partition coefficient (Wildman–Crippen LogP) is 3.64. The first kappa shape index (κ1) is 21.6. The van der Waals surface area contributed by atoms with Crippen molar-refractivity contribution in [2.24, 2.45) is 10.4 Å². The minimum absolute atomic E-state index is 0. The van der Waals surface area contributed by atoms with E-state index in [-0.39, 0.29) is 24.0 Å². The fourth-order valence-electron chi connectivity index (χ4n) is 3.35. The van der Waals surface area contributed by atoms with Crippen molar-refractivity contribution in [3.05, 3.63) is 15.6 Å². The Bertz CT molecular complexity index is 527. The summed E-state index contributed by atoms with van der Waals surface area (Å²) in [5.41, 5.74) is 1.48. The largest absolute Gasteiger partial charge is 0.385 e. The lowest BCUT2D eigenvalue weighted by molar-refractivity contribution is 0.138. The van der Waals surface area contributed by atoms with E-state index in [2.05, 4.69) is 27.5 Å². The van der Waals surface area contributed by atoms with Crippen LogP contribution in [0.15, 0.2) is 4.99 Å². The van der Waals surface area contributed by atoms with Gasteiger partial charge in [-0.2, -0.15) is 0 Å². The van der Waals surface area contributed by atoms with Crippen molar-refractivity contribution in [2.75, 3.05) is 27.3 Å². The number of nitrogens with one attached hydrogen (secondary N) is 2. The third-order valence-corrected chi connectivity index (χ3v) is 5.84. The molecule has 0 unspecified atom stereocenters. The van der Waals surface area contributed by atoms with Crippen molar-refractivity contribution in [2.45, 2.75) is 52.5 Å². The van der Waals surface area contributed by atoms with E-state index in [1.165, 1.54) is 30.6 Å². The molecule has 1 aliphatic carbocycles. The summed E-state index contributed by atoms with van der Waals surface area (Å²) in [6, 6.07) is 0. The maximum atomic E-state index is 5.30. The molecule has 0 amide bonds. The van der Waals surface area contributed by atoms with Crippen LogP contribution in [0.4, 0.5) is 0 Å². The number of hydrogen-bond acceptors (Lipinski definition) is 4. The number of rotatable bonds is 7. The fourth-order valence-corrected chi connectivity index (χ4v) is 4.23. The Labute approximate surface area is 167 Å². The second-order valence-electron chi connectivity index (χ2n) is 6.47. The van der Waals surface area contributed by atoms with Crippen LogP contribution >= 0.6 is 35.3 Å². The molecule has 1 heterocycles. The molecular weight excluding hydrogens is 435 g/mol. The minimum atomic E-state index is 0. The van der Waals surface area contributed by atoms with Crippen molar-refractivity contribution < 1.29 is 4.74 Å². The molecule has 1 fully saturated rings. The van der Waals surface area contributed by atoms with Crippen LogP contribution in [0.5, 0.6) is 0 Å². The summed E-state index contributed by atoms with van der Waals surface area (Å²) in [5.74, 6) is 0.874. The molecule has 0 aromatic carbocycles. The molecule has 0 saturated heterocycles. The summed E-state index contributed by atoms with van der Waals surface area (Å²) in [4.78, 5) is 10.1. The second kappa shape index (κ2) is 10.6. The van der Waals surface area contributed by atoms with Gasteiger partial charge in [-0.25, -0.2) is 4.98 Å². The van der Waals surface area contributed by atoms with E-state index in [0.717, 1.165) is 42.8 Å². The van der Waals surface area contributed by atoms with Gasteiger partial charge in [0.05, 0.1) is 17.2 Å². The first-order valence-corrected chi connectivity index (χ1v) is 9.26. The van der Waals surface area contributed by atoms with Gasteiger partial charge in [0.25, 0.3) is 0 Å². The van der Waals surface area contributed by atoms with Gasteiger partial charge in [-0.3, -0.25) is 4.99 Å². The number of aromatic nitrogens is 1. The van der Waals surface area contributed by atoms with E-state index >= 15 is 0 Å². The number of aryl methyl sites for hydroxylation is 2. The molecule has 0 radical (unpaired) electrons. The highest BCUT2D eigenvalue weighted by atomic mass is 127. The molecule has 1 saturated carbocycles. The number of nitrogens with zero attached hydrogens (tertiary/aromatic N) is 2. The normalized spacial score (nSPS) is 16.8. The lowest BCUT2D eigenvalue weighted by Gasteiger charge is -2.29. The van der Waals surface area contributed by atoms with Crippen molar-refractivity contribution >= 4 is 41.3 Å². The zero-order valence-corrected chi connectivity index (χ0v) is 18.4. The quantitative estimate of drug-likeness (QED) is 0.366. The zero-order chi connectivity index (χ0) is 16.7. The molecule has 1 aromatic heterocycles. The van der Waals surface area contributed by atoms with Gasteiger partial charge in [0.1, 0.15) is 0 Å². The Kier molecular flexibility index (Phi) is 9.51. The summed E-state index contributed by atoms with van der Waals surface area (Å²) in [6.07, 6.45) is 6.36. The van der Waals surface area contributed by atoms with E-state index in [1.54, 1.807) is 18.4 Å². The van der Waals surface area contributed by atoms with Crippen LogP contribution in [0.25, 0.3) is 0 Å². The molecule has 2 rings (SSSR count). The lowest BCUT2D eigenvalue weighted by atomic mass is 9.83. The van der Waals surface area contributed by atoms with Crippen LogP contribution in [0.3, 0.4) is 0 Å². The molecule has 5 nitrogen and oxygen atoms in total. The van der Waals surface area contributed by atoms with E-state index in [9.17, 15) is 0 Å². The number of thiazole rings is 1. The number of halogens is 1. The fraction of sp³-hybridized carbons (Fsp3) is 0.765. The number of aliphatic imine (C=N–C) groups is 1. The maximum absolute atomic E-state index is 5.30. The van der Waals surface area contributed by atoms with Crippen molar-refractivity contribution in [3.8, 4) is 0 Å². The number of guanidine groups is 1. The molecule has 1 aliphatic rings. The molecular formula is C17H31IN4OS. The predicted molar refractivity (Wildman–Crippen MR) is 113 cm³/mol. The summed E-state index contributed by atoms with van der Waals surface area (Å²) in [5, 5.41) is 8.06. The van der Waals surface area contributed by atoms with E-state index in [4.69, 9.17) is 4.74 Å². The molecule has 0 atom stereocenters. The first-order valence-electron chi connectivity index (χ1n) is 8.45. The van der Waals surface area contributed by atoms with Gasteiger partial charge in [0, 0.05) is 32.2 Å². The summed E-state index contributed by atoms with van der Waals surface area (Å²) in [6.45, 7) is 6.70. The number of ether oxygens (including phenoxy) is 1. The topological polar surface area (TPSA) is 58.5 Å². The van der Waals surface area contributed by atoms with Gasteiger partial charge in [-0.05, 0) is 38.5 Å².